The maximum Gasteiger partial charge on any atom is 0.350 e. The zero-order valence-corrected chi connectivity index (χ0v) is 29.7. The molecule has 3 aromatic carbocycles. The van der Waals surface area contributed by atoms with Gasteiger partial charge in [-0.15, -0.1) is 0 Å². The fourth-order valence-electron chi connectivity index (χ4n) is 6.43. The molecule has 0 amide bonds. The van der Waals surface area contributed by atoms with Gasteiger partial charge in [-0.25, -0.2) is 14.0 Å². The zero-order valence-electron chi connectivity index (χ0n) is 29.7. The first-order valence-electron chi connectivity index (χ1n) is 17.6. The number of piperazine rings is 1. The van der Waals surface area contributed by atoms with Gasteiger partial charge in [-0.05, 0) is 74.4 Å². The highest BCUT2D eigenvalue weighted by atomic mass is 16.8. The summed E-state index contributed by atoms with van der Waals surface area (Å²) in [6, 6.07) is 24.6. The van der Waals surface area contributed by atoms with Gasteiger partial charge in [0.2, 0.25) is 5.79 Å². The lowest BCUT2D eigenvalue weighted by atomic mass is 10.0. The summed E-state index contributed by atoms with van der Waals surface area (Å²) in [5, 5.41) is 12.9. The Labute approximate surface area is 293 Å². The Bertz CT molecular complexity index is 1850. The second-order valence-electron chi connectivity index (χ2n) is 12.5. The van der Waals surface area contributed by atoms with Crippen LogP contribution in [0.4, 0.5) is 11.4 Å². The second-order valence-corrected chi connectivity index (χ2v) is 12.5. The van der Waals surface area contributed by atoms with Crippen LogP contribution in [-0.2, 0) is 21.8 Å². The summed E-state index contributed by atoms with van der Waals surface area (Å²) in [6.07, 6.45) is 5.52. The molecular weight excluding hydrogens is 632 g/mol. The number of nitrogens with zero attached hydrogens (tertiary/aromatic N) is 8. The minimum atomic E-state index is -0.983. The van der Waals surface area contributed by atoms with E-state index in [0.29, 0.717) is 19.8 Å². The van der Waals surface area contributed by atoms with Gasteiger partial charge in [-0.1, -0.05) is 45.0 Å². The zero-order chi connectivity index (χ0) is 35.1. The van der Waals surface area contributed by atoms with Crippen molar-refractivity contribution in [3.8, 4) is 11.4 Å². The average molecular weight is 681 g/mol. The number of aryl methyl sites for hydroxylation is 1. The van der Waals surface area contributed by atoms with Crippen molar-refractivity contribution in [3.05, 3.63) is 113 Å². The molecule has 2 fully saturated rings. The number of anilines is 2. The summed E-state index contributed by atoms with van der Waals surface area (Å²) in [5.41, 5.74) is 5.08. The highest BCUT2D eigenvalue weighted by Gasteiger charge is 2.45. The van der Waals surface area contributed by atoms with Crippen molar-refractivity contribution in [2.75, 3.05) is 49.2 Å². The van der Waals surface area contributed by atoms with Gasteiger partial charge >= 0.3 is 5.69 Å². The molecule has 12 heteroatoms. The van der Waals surface area contributed by atoms with Gasteiger partial charge in [0.25, 0.3) is 0 Å². The summed E-state index contributed by atoms with van der Waals surface area (Å²) in [4.78, 5) is 19.2. The van der Waals surface area contributed by atoms with Crippen LogP contribution in [0.3, 0.4) is 0 Å². The van der Waals surface area contributed by atoms with E-state index in [1.165, 1.54) is 5.69 Å². The minimum Gasteiger partial charge on any atom is -0.491 e. The van der Waals surface area contributed by atoms with Crippen LogP contribution in [0.15, 0.2) is 96.3 Å². The Morgan fingerprint density at radius 3 is 2.08 bits per heavy atom. The van der Waals surface area contributed by atoms with Crippen molar-refractivity contribution >= 4 is 11.4 Å². The maximum atomic E-state index is 12.8. The number of hydrogen-bond donors (Lipinski definition) is 0. The Hall–Kier alpha value is -4.94. The van der Waals surface area contributed by atoms with Gasteiger partial charge in [0.1, 0.15) is 31.3 Å². The molecule has 0 N–H and O–H groups in total. The molecule has 3 unspecified atom stereocenters. The molecule has 7 rings (SSSR count). The van der Waals surface area contributed by atoms with E-state index in [1.807, 2.05) is 63.2 Å². The molecule has 2 saturated heterocycles. The molecule has 3 atom stereocenters. The summed E-state index contributed by atoms with van der Waals surface area (Å²) >= 11 is 0. The minimum absolute atomic E-state index is 0.0716. The predicted octanol–water partition coefficient (Wildman–Crippen LogP) is 5.61. The first-order chi connectivity index (χ1) is 24.4. The molecular formula is C38H48N8O4. The van der Waals surface area contributed by atoms with Gasteiger partial charge in [0.05, 0.1) is 30.7 Å². The number of ether oxygens (including phenoxy) is 3. The third kappa shape index (κ3) is 7.46. The molecule has 0 aliphatic carbocycles. The summed E-state index contributed by atoms with van der Waals surface area (Å²) < 4.78 is 22.2. The molecule has 0 saturated carbocycles. The van der Waals surface area contributed by atoms with E-state index < -0.39 is 5.79 Å². The number of aromatic nitrogens is 6. The van der Waals surface area contributed by atoms with Gasteiger partial charge in [0.15, 0.2) is 0 Å². The first-order valence-corrected chi connectivity index (χ1v) is 17.6. The lowest BCUT2D eigenvalue weighted by Gasteiger charge is -2.37. The van der Waals surface area contributed by atoms with Crippen molar-refractivity contribution < 1.29 is 14.2 Å². The van der Waals surface area contributed by atoms with Crippen molar-refractivity contribution in [2.45, 2.75) is 65.5 Å². The number of benzene rings is 3. The normalized spacial score (nSPS) is 19.6. The lowest BCUT2D eigenvalue weighted by Crippen LogP contribution is -2.46. The Balaban J connectivity index is 0.00000212. The van der Waals surface area contributed by atoms with Crippen LogP contribution in [0, 0.1) is 6.92 Å². The quantitative estimate of drug-likeness (QED) is 0.176. The fourth-order valence-corrected chi connectivity index (χ4v) is 6.43. The van der Waals surface area contributed by atoms with E-state index >= 15 is 0 Å². The van der Waals surface area contributed by atoms with Crippen LogP contribution in [0.25, 0.3) is 5.69 Å². The fraction of sp³-hybridized carbons (Fsp3) is 0.421. The first kappa shape index (κ1) is 34.9. The molecule has 5 aromatic rings. The Morgan fingerprint density at radius 1 is 0.860 bits per heavy atom. The van der Waals surface area contributed by atoms with Crippen LogP contribution >= 0.6 is 0 Å². The number of rotatable bonds is 11. The van der Waals surface area contributed by atoms with E-state index in [2.05, 4.69) is 69.3 Å². The molecule has 12 nitrogen and oxygen atoms in total. The van der Waals surface area contributed by atoms with E-state index in [9.17, 15) is 4.79 Å². The van der Waals surface area contributed by atoms with Crippen molar-refractivity contribution in [3.63, 3.8) is 0 Å². The van der Waals surface area contributed by atoms with Crippen molar-refractivity contribution in [1.29, 1.82) is 0 Å². The van der Waals surface area contributed by atoms with Gasteiger partial charge < -0.3 is 24.0 Å². The molecule has 50 heavy (non-hydrogen) atoms. The predicted molar refractivity (Wildman–Crippen MR) is 194 cm³/mol. The van der Waals surface area contributed by atoms with Crippen LogP contribution in [0.1, 0.15) is 51.3 Å². The lowest BCUT2D eigenvalue weighted by molar-refractivity contribution is -0.192. The average Bonchev–Trinajstić information content (AvgIpc) is 3.93. The van der Waals surface area contributed by atoms with Crippen LogP contribution < -0.4 is 20.2 Å². The molecule has 264 valence electrons. The van der Waals surface area contributed by atoms with E-state index in [4.69, 9.17) is 14.2 Å². The highest BCUT2D eigenvalue weighted by molar-refractivity contribution is 5.54. The molecule has 2 aliphatic rings. The molecule has 0 radical (unpaired) electrons. The topological polar surface area (TPSA) is 105 Å². The van der Waals surface area contributed by atoms with Crippen molar-refractivity contribution in [1.82, 2.24) is 29.3 Å². The molecule has 0 spiro atoms. The summed E-state index contributed by atoms with van der Waals surface area (Å²) in [6.45, 7) is 14.8. The Morgan fingerprint density at radius 2 is 1.46 bits per heavy atom. The highest BCUT2D eigenvalue weighted by Crippen LogP contribution is 2.37. The SMILES string of the molecule is CC.CCC(C)n1ncn(-c2ccc(N3CCN(c4ccc(OCC5COC(Cn6nccn6)(c6ccccc6C)O5)cc4)CC3)cc2)c1=O. The van der Waals surface area contributed by atoms with E-state index in [-0.39, 0.29) is 17.8 Å². The molecule has 0 bridgehead atoms. The van der Waals surface area contributed by atoms with Crippen LogP contribution in [0.2, 0.25) is 0 Å². The largest absolute Gasteiger partial charge is 0.491 e. The van der Waals surface area contributed by atoms with Crippen LogP contribution in [0.5, 0.6) is 5.75 Å². The van der Waals surface area contributed by atoms with E-state index in [0.717, 1.165) is 60.9 Å². The van der Waals surface area contributed by atoms with Gasteiger partial charge in [0, 0.05) is 43.1 Å². The summed E-state index contributed by atoms with van der Waals surface area (Å²) in [5.74, 6) is -0.194. The number of hydrogen-bond acceptors (Lipinski definition) is 9. The maximum absolute atomic E-state index is 12.8. The standard InChI is InChI=1S/C36H42N8O4.C2H6/c1-4-28(3)44-35(45)42(26-39-44)31-11-9-29(10-12-31)40-19-21-41(22-20-40)30-13-15-32(16-14-30)46-23-33-24-47-36(48-33,25-43-37-17-18-38-43)34-8-6-5-7-27(34)2;1-2/h5-18,26,28,33H,4,19-25H2,1-3H3;1-2H3. The van der Waals surface area contributed by atoms with Gasteiger partial charge in [-0.3, -0.25) is 0 Å². The molecule has 2 aliphatic heterocycles. The molecule has 4 heterocycles. The van der Waals surface area contributed by atoms with Gasteiger partial charge in [-0.2, -0.15) is 20.1 Å². The second kappa shape index (κ2) is 15.7. The smallest absolute Gasteiger partial charge is 0.350 e. The van der Waals surface area contributed by atoms with Crippen molar-refractivity contribution in [2.24, 2.45) is 0 Å². The third-order valence-electron chi connectivity index (χ3n) is 9.34. The van der Waals surface area contributed by atoms with Crippen LogP contribution in [-0.4, -0.2) is 74.8 Å². The monoisotopic (exact) mass is 680 g/mol. The third-order valence-corrected chi connectivity index (χ3v) is 9.34. The van der Waals surface area contributed by atoms with E-state index in [1.54, 1.807) is 32.8 Å². The summed E-state index contributed by atoms with van der Waals surface area (Å²) in [7, 11) is 0. The Kier molecular flexibility index (Phi) is 11.0. The molecule has 2 aromatic heterocycles.